The maximum Gasteiger partial charge on any atom is 0.246 e. The molecule has 1 fully saturated rings. The van der Waals surface area contributed by atoms with Gasteiger partial charge in [0, 0.05) is 35.4 Å². The lowest BCUT2D eigenvalue weighted by Gasteiger charge is -2.31. The second kappa shape index (κ2) is 6.62. The molecule has 1 aliphatic heterocycles. The van der Waals surface area contributed by atoms with Crippen LogP contribution < -0.4 is 4.74 Å². The van der Waals surface area contributed by atoms with E-state index in [9.17, 15) is 8.42 Å². The minimum absolute atomic E-state index is 0.138. The average Bonchev–Trinajstić information content (AvgIpc) is 3.09. The lowest BCUT2D eigenvalue weighted by atomic mass is 9.96. The van der Waals surface area contributed by atoms with E-state index in [1.165, 1.54) is 11.4 Å². The number of sulfonamides is 1. The molecule has 2 heterocycles. The van der Waals surface area contributed by atoms with Gasteiger partial charge in [0.25, 0.3) is 0 Å². The molecule has 0 saturated carbocycles. The lowest BCUT2D eigenvalue weighted by molar-refractivity contribution is 0.310. The SMILES string of the molecule is COc1ccc(Br)cc1S(=O)(=O)N1CCCC(c2ccn[nH]2)C1. The Morgan fingerprint density at radius 3 is 2.91 bits per heavy atom. The Labute approximate surface area is 144 Å². The summed E-state index contributed by atoms with van der Waals surface area (Å²) in [6.45, 7) is 0.961. The van der Waals surface area contributed by atoms with Crippen molar-refractivity contribution < 1.29 is 13.2 Å². The number of benzene rings is 1. The zero-order valence-corrected chi connectivity index (χ0v) is 15.1. The van der Waals surface area contributed by atoms with Crippen LogP contribution in [-0.4, -0.2) is 43.1 Å². The van der Waals surface area contributed by atoms with Crippen LogP contribution in [0.25, 0.3) is 0 Å². The van der Waals surface area contributed by atoms with E-state index in [0.29, 0.717) is 23.3 Å². The van der Waals surface area contributed by atoms with E-state index in [1.807, 2.05) is 6.07 Å². The Balaban J connectivity index is 1.92. The summed E-state index contributed by atoms with van der Waals surface area (Å²) in [7, 11) is -2.13. The van der Waals surface area contributed by atoms with Crippen LogP contribution in [0.5, 0.6) is 5.75 Å². The lowest BCUT2D eigenvalue weighted by Crippen LogP contribution is -2.39. The molecule has 0 spiro atoms. The van der Waals surface area contributed by atoms with Gasteiger partial charge in [-0.1, -0.05) is 15.9 Å². The van der Waals surface area contributed by atoms with Gasteiger partial charge in [-0.25, -0.2) is 8.42 Å². The molecule has 1 aromatic heterocycles. The van der Waals surface area contributed by atoms with Gasteiger partial charge in [0.15, 0.2) is 0 Å². The predicted octanol–water partition coefficient (Wildman–Crippen LogP) is 2.75. The fourth-order valence-electron chi connectivity index (χ4n) is 2.90. The van der Waals surface area contributed by atoms with Crippen molar-refractivity contribution in [2.45, 2.75) is 23.7 Å². The third kappa shape index (κ3) is 3.29. The predicted molar refractivity (Wildman–Crippen MR) is 90.0 cm³/mol. The number of hydrogen-bond acceptors (Lipinski definition) is 4. The highest BCUT2D eigenvalue weighted by Gasteiger charge is 2.33. The van der Waals surface area contributed by atoms with E-state index in [4.69, 9.17) is 4.74 Å². The van der Waals surface area contributed by atoms with E-state index in [2.05, 4.69) is 26.1 Å². The van der Waals surface area contributed by atoms with Gasteiger partial charge < -0.3 is 4.74 Å². The van der Waals surface area contributed by atoms with Gasteiger partial charge in [-0.2, -0.15) is 9.40 Å². The highest BCUT2D eigenvalue weighted by molar-refractivity contribution is 9.10. The van der Waals surface area contributed by atoms with Crippen LogP contribution in [0.2, 0.25) is 0 Å². The van der Waals surface area contributed by atoms with Crippen LogP contribution in [0.15, 0.2) is 39.8 Å². The number of nitrogens with zero attached hydrogens (tertiary/aromatic N) is 2. The molecule has 6 nitrogen and oxygen atoms in total. The number of piperidine rings is 1. The van der Waals surface area contributed by atoms with E-state index in [0.717, 1.165) is 18.5 Å². The molecule has 0 bridgehead atoms. The van der Waals surface area contributed by atoms with Crippen molar-refractivity contribution in [3.63, 3.8) is 0 Å². The van der Waals surface area contributed by atoms with Crippen molar-refractivity contribution in [2.75, 3.05) is 20.2 Å². The Morgan fingerprint density at radius 2 is 2.22 bits per heavy atom. The van der Waals surface area contributed by atoms with Crippen LogP contribution in [0.1, 0.15) is 24.5 Å². The second-order valence-corrected chi connectivity index (χ2v) is 8.33. The molecule has 0 radical (unpaired) electrons. The standard InChI is InChI=1S/C15H18BrN3O3S/c1-22-14-5-4-12(16)9-15(14)23(20,21)19-8-2-3-11(10-19)13-6-7-17-18-13/h4-7,9,11H,2-3,8,10H2,1H3,(H,17,18). The first-order valence-electron chi connectivity index (χ1n) is 7.35. The number of H-pyrrole nitrogens is 1. The molecule has 0 aliphatic carbocycles. The third-order valence-corrected chi connectivity index (χ3v) is 6.47. The molecule has 1 N–H and O–H groups in total. The molecule has 8 heteroatoms. The van der Waals surface area contributed by atoms with Gasteiger partial charge in [0.2, 0.25) is 10.0 Å². The molecule has 23 heavy (non-hydrogen) atoms. The summed E-state index contributed by atoms with van der Waals surface area (Å²) < 4.78 is 33.5. The number of aromatic nitrogens is 2. The summed E-state index contributed by atoms with van der Waals surface area (Å²) in [5, 5.41) is 6.91. The molecule has 3 rings (SSSR count). The van der Waals surface area contributed by atoms with Crippen LogP contribution in [0, 0.1) is 0 Å². The van der Waals surface area contributed by atoms with Gasteiger partial charge in [-0.05, 0) is 37.1 Å². The van der Waals surface area contributed by atoms with Gasteiger partial charge in [0.05, 0.1) is 7.11 Å². The van der Waals surface area contributed by atoms with Crippen molar-refractivity contribution in [1.82, 2.24) is 14.5 Å². The zero-order valence-electron chi connectivity index (χ0n) is 12.7. The molecule has 1 aromatic carbocycles. The number of ether oxygens (including phenoxy) is 1. The van der Waals surface area contributed by atoms with E-state index in [1.54, 1.807) is 24.4 Å². The summed E-state index contributed by atoms with van der Waals surface area (Å²) in [6.07, 6.45) is 3.46. The summed E-state index contributed by atoms with van der Waals surface area (Å²) in [5.74, 6) is 0.496. The monoisotopic (exact) mass is 399 g/mol. The minimum atomic E-state index is -3.61. The Morgan fingerprint density at radius 1 is 1.39 bits per heavy atom. The molecule has 2 aromatic rings. The molecule has 1 aliphatic rings. The maximum absolute atomic E-state index is 13.0. The first-order chi connectivity index (χ1) is 11.0. The highest BCUT2D eigenvalue weighted by Crippen LogP contribution is 2.33. The largest absolute Gasteiger partial charge is 0.495 e. The number of aromatic amines is 1. The van der Waals surface area contributed by atoms with Crippen LogP contribution in [0.4, 0.5) is 0 Å². The summed E-state index contributed by atoms with van der Waals surface area (Å²) in [6, 6.07) is 6.92. The topological polar surface area (TPSA) is 75.3 Å². The minimum Gasteiger partial charge on any atom is -0.495 e. The van der Waals surface area contributed by atoms with Gasteiger partial charge >= 0.3 is 0 Å². The normalized spacial score (nSPS) is 19.7. The summed E-state index contributed by atoms with van der Waals surface area (Å²) in [5.41, 5.74) is 0.978. The van der Waals surface area contributed by atoms with Crippen LogP contribution >= 0.6 is 15.9 Å². The zero-order chi connectivity index (χ0) is 16.4. The average molecular weight is 400 g/mol. The van der Waals surface area contributed by atoms with E-state index >= 15 is 0 Å². The fourth-order valence-corrected chi connectivity index (χ4v) is 5.12. The molecular weight excluding hydrogens is 382 g/mol. The van der Waals surface area contributed by atoms with Gasteiger partial charge in [-0.3, -0.25) is 5.10 Å². The summed E-state index contributed by atoms with van der Waals surface area (Å²) >= 11 is 3.33. The first kappa shape index (κ1) is 16.5. The van der Waals surface area contributed by atoms with Crippen LogP contribution in [0.3, 0.4) is 0 Å². The molecular formula is C15H18BrN3O3S. The number of hydrogen-bond donors (Lipinski definition) is 1. The van der Waals surface area contributed by atoms with Crippen molar-refractivity contribution >= 4 is 26.0 Å². The molecule has 0 amide bonds. The molecule has 1 saturated heterocycles. The van der Waals surface area contributed by atoms with E-state index in [-0.39, 0.29) is 10.8 Å². The van der Waals surface area contributed by atoms with Crippen molar-refractivity contribution in [3.8, 4) is 5.75 Å². The number of methoxy groups -OCH3 is 1. The second-order valence-electron chi connectivity index (χ2n) is 5.51. The Kier molecular flexibility index (Phi) is 4.74. The van der Waals surface area contributed by atoms with Crippen molar-refractivity contribution in [2.24, 2.45) is 0 Å². The smallest absolute Gasteiger partial charge is 0.246 e. The fraction of sp³-hybridized carbons (Fsp3) is 0.400. The Hall–Kier alpha value is -1.38. The highest BCUT2D eigenvalue weighted by atomic mass is 79.9. The number of nitrogens with one attached hydrogen (secondary N) is 1. The quantitative estimate of drug-likeness (QED) is 0.857. The van der Waals surface area contributed by atoms with Crippen LogP contribution in [-0.2, 0) is 10.0 Å². The first-order valence-corrected chi connectivity index (χ1v) is 9.58. The number of rotatable bonds is 4. The molecule has 124 valence electrons. The summed E-state index contributed by atoms with van der Waals surface area (Å²) in [4.78, 5) is 0.194. The van der Waals surface area contributed by atoms with Crippen molar-refractivity contribution in [1.29, 1.82) is 0 Å². The van der Waals surface area contributed by atoms with Crippen molar-refractivity contribution in [3.05, 3.63) is 40.6 Å². The third-order valence-electron chi connectivity index (χ3n) is 4.09. The Bertz CT molecular complexity index is 777. The van der Waals surface area contributed by atoms with Gasteiger partial charge in [0.1, 0.15) is 10.6 Å². The van der Waals surface area contributed by atoms with Gasteiger partial charge in [-0.15, -0.1) is 0 Å². The number of halogens is 1. The maximum atomic E-state index is 13.0. The molecule has 1 unspecified atom stereocenters. The molecule has 1 atom stereocenters. The van der Waals surface area contributed by atoms with E-state index < -0.39 is 10.0 Å².